The average molecular weight is 350 g/mol. The first-order chi connectivity index (χ1) is 12.5. The third kappa shape index (κ3) is 3.61. The number of rotatable bonds is 4. The maximum atomic E-state index is 12.4. The molecule has 1 heterocycles. The highest BCUT2D eigenvalue weighted by atomic mass is 16.5. The third-order valence-corrected chi connectivity index (χ3v) is 3.90. The number of amides is 1. The molecule has 7 heteroatoms. The van der Waals surface area contributed by atoms with Crippen LogP contribution in [0, 0.1) is 13.8 Å². The second-order valence-corrected chi connectivity index (χ2v) is 5.86. The number of benzene rings is 2. The Balaban J connectivity index is 1.74. The number of esters is 1. The largest absolute Gasteiger partial charge is 0.464 e. The fourth-order valence-corrected chi connectivity index (χ4v) is 2.55. The van der Waals surface area contributed by atoms with Crippen LogP contribution in [0.3, 0.4) is 0 Å². The maximum absolute atomic E-state index is 12.4. The topological polar surface area (TPSA) is 86.1 Å². The number of hydrogen-bond donors (Lipinski definition) is 1. The molecule has 3 rings (SSSR count). The Morgan fingerprint density at radius 3 is 2.46 bits per heavy atom. The number of ether oxygens (including phenoxy) is 1. The summed E-state index contributed by atoms with van der Waals surface area (Å²) in [6, 6.07) is 12.8. The van der Waals surface area contributed by atoms with Crippen molar-refractivity contribution in [3.8, 4) is 5.69 Å². The van der Waals surface area contributed by atoms with Gasteiger partial charge in [0.15, 0.2) is 5.69 Å². The lowest BCUT2D eigenvalue weighted by Gasteiger charge is -2.09. The van der Waals surface area contributed by atoms with Gasteiger partial charge in [0.1, 0.15) is 0 Å². The van der Waals surface area contributed by atoms with Crippen LogP contribution in [0.1, 0.15) is 32.0 Å². The summed E-state index contributed by atoms with van der Waals surface area (Å²) in [4.78, 5) is 23.9. The molecule has 0 bridgehead atoms. The molecule has 0 saturated heterocycles. The minimum Gasteiger partial charge on any atom is -0.464 e. The van der Waals surface area contributed by atoms with Crippen LogP contribution in [0.15, 0.2) is 48.7 Å². The van der Waals surface area contributed by atoms with E-state index in [2.05, 4.69) is 20.4 Å². The van der Waals surface area contributed by atoms with E-state index in [-0.39, 0.29) is 11.6 Å². The second-order valence-electron chi connectivity index (χ2n) is 5.86. The summed E-state index contributed by atoms with van der Waals surface area (Å²) >= 11 is 0. The molecule has 0 aliphatic rings. The normalized spacial score (nSPS) is 10.4. The molecular formula is C19H18N4O3. The SMILES string of the molecule is COC(=O)c1cn(-c2ccc(NC(=O)c3ccc(C)cc3C)cc2)nn1. The van der Waals surface area contributed by atoms with Crippen LogP contribution in [-0.2, 0) is 4.74 Å². The monoisotopic (exact) mass is 350 g/mol. The van der Waals surface area contributed by atoms with Gasteiger partial charge in [0.2, 0.25) is 0 Å². The molecule has 132 valence electrons. The van der Waals surface area contributed by atoms with Gasteiger partial charge in [0.05, 0.1) is 19.0 Å². The maximum Gasteiger partial charge on any atom is 0.360 e. The Morgan fingerprint density at radius 1 is 1.08 bits per heavy atom. The molecule has 1 N–H and O–H groups in total. The minimum absolute atomic E-state index is 0.125. The van der Waals surface area contributed by atoms with E-state index >= 15 is 0 Å². The quantitative estimate of drug-likeness (QED) is 0.731. The molecule has 1 aromatic heterocycles. The van der Waals surface area contributed by atoms with Gasteiger partial charge in [-0.1, -0.05) is 22.9 Å². The highest BCUT2D eigenvalue weighted by molar-refractivity contribution is 6.05. The number of anilines is 1. The predicted molar refractivity (Wildman–Crippen MR) is 96.6 cm³/mol. The molecule has 0 radical (unpaired) electrons. The van der Waals surface area contributed by atoms with Crippen molar-refractivity contribution in [1.82, 2.24) is 15.0 Å². The second kappa shape index (κ2) is 7.18. The fraction of sp³-hybridized carbons (Fsp3) is 0.158. The standard InChI is InChI=1S/C19H18N4O3/c1-12-4-9-16(13(2)10-12)18(24)20-14-5-7-15(8-6-14)23-11-17(21-22-23)19(25)26-3/h4-11H,1-3H3,(H,20,24). The summed E-state index contributed by atoms with van der Waals surface area (Å²) in [6.07, 6.45) is 1.48. The summed E-state index contributed by atoms with van der Waals surface area (Å²) in [5.74, 6) is -0.711. The zero-order valence-corrected chi connectivity index (χ0v) is 14.7. The highest BCUT2D eigenvalue weighted by Gasteiger charge is 2.12. The van der Waals surface area contributed by atoms with Gasteiger partial charge in [0, 0.05) is 11.3 Å². The summed E-state index contributed by atoms with van der Waals surface area (Å²) in [6.45, 7) is 3.90. The summed E-state index contributed by atoms with van der Waals surface area (Å²) in [5, 5.41) is 10.5. The van der Waals surface area contributed by atoms with Crippen LogP contribution in [0.25, 0.3) is 5.69 Å². The Labute approximate surface area is 150 Å². The lowest BCUT2D eigenvalue weighted by atomic mass is 10.1. The molecule has 0 aliphatic carbocycles. The van der Waals surface area contributed by atoms with Crippen molar-refractivity contribution in [3.63, 3.8) is 0 Å². The first-order valence-electron chi connectivity index (χ1n) is 7.97. The van der Waals surface area contributed by atoms with E-state index in [0.29, 0.717) is 16.9 Å². The summed E-state index contributed by atoms with van der Waals surface area (Å²) < 4.78 is 6.07. The first kappa shape index (κ1) is 17.3. The smallest absolute Gasteiger partial charge is 0.360 e. The lowest BCUT2D eigenvalue weighted by Crippen LogP contribution is -2.13. The van der Waals surface area contributed by atoms with Gasteiger partial charge in [-0.3, -0.25) is 4.79 Å². The zero-order valence-electron chi connectivity index (χ0n) is 14.7. The molecular weight excluding hydrogens is 332 g/mol. The number of carbonyl (C=O) groups excluding carboxylic acids is 2. The number of carbonyl (C=O) groups is 2. The van der Waals surface area contributed by atoms with E-state index in [1.807, 2.05) is 32.0 Å². The molecule has 0 unspecified atom stereocenters. The van der Waals surface area contributed by atoms with E-state index < -0.39 is 5.97 Å². The van der Waals surface area contributed by atoms with Gasteiger partial charge in [-0.05, 0) is 49.7 Å². The van der Waals surface area contributed by atoms with Gasteiger partial charge in [-0.15, -0.1) is 5.10 Å². The molecule has 0 aliphatic heterocycles. The van der Waals surface area contributed by atoms with Crippen LogP contribution >= 0.6 is 0 Å². The highest BCUT2D eigenvalue weighted by Crippen LogP contribution is 2.16. The number of nitrogens with one attached hydrogen (secondary N) is 1. The van der Waals surface area contributed by atoms with E-state index in [1.54, 1.807) is 24.3 Å². The van der Waals surface area contributed by atoms with Crippen LogP contribution in [-0.4, -0.2) is 34.0 Å². The van der Waals surface area contributed by atoms with Gasteiger partial charge in [0.25, 0.3) is 5.91 Å². The van der Waals surface area contributed by atoms with Crippen LogP contribution in [0.4, 0.5) is 5.69 Å². The Morgan fingerprint density at radius 2 is 1.81 bits per heavy atom. The number of methoxy groups -OCH3 is 1. The van der Waals surface area contributed by atoms with Crippen molar-refractivity contribution in [2.75, 3.05) is 12.4 Å². The number of aryl methyl sites for hydroxylation is 2. The van der Waals surface area contributed by atoms with Crippen LogP contribution in [0.2, 0.25) is 0 Å². The van der Waals surface area contributed by atoms with Gasteiger partial charge >= 0.3 is 5.97 Å². The van der Waals surface area contributed by atoms with E-state index in [1.165, 1.54) is 18.0 Å². The molecule has 0 spiro atoms. The first-order valence-corrected chi connectivity index (χ1v) is 7.97. The van der Waals surface area contributed by atoms with Gasteiger partial charge < -0.3 is 10.1 Å². The molecule has 2 aromatic carbocycles. The van der Waals surface area contributed by atoms with Crippen molar-refractivity contribution in [2.24, 2.45) is 0 Å². The number of nitrogens with zero attached hydrogens (tertiary/aromatic N) is 3. The van der Waals surface area contributed by atoms with E-state index in [4.69, 9.17) is 0 Å². The summed E-state index contributed by atoms with van der Waals surface area (Å²) in [7, 11) is 1.29. The Kier molecular flexibility index (Phi) is 4.79. The Hall–Kier alpha value is -3.48. The minimum atomic E-state index is -0.548. The number of hydrogen-bond acceptors (Lipinski definition) is 5. The third-order valence-electron chi connectivity index (χ3n) is 3.90. The molecule has 1 amide bonds. The molecule has 26 heavy (non-hydrogen) atoms. The van der Waals surface area contributed by atoms with E-state index in [9.17, 15) is 9.59 Å². The fourth-order valence-electron chi connectivity index (χ4n) is 2.55. The van der Waals surface area contributed by atoms with Crippen molar-refractivity contribution in [3.05, 3.63) is 71.0 Å². The van der Waals surface area contributed by atoms with Gasteiger partial charge in [-0.25, -0.2) is 9.48 Å². The van der Waals surface area contributed by atoms with Crippen molar-refractivity contribution >= 4 is 17.6 Å². The van der Waals surface area contributed by atoms with Crippen LogP contribution < -0.4 is 5.32 Å². The lowest BCUT2D eigenvalue weighted by molar-refractivity contribution is 0.0593. The number of aromatic nitrogens is 3. The predicted octanol–water partition coefficient (Wildman–Crippen LogP) is 2.92. The van der Waals surface area contributed by atoms with Crippen molar-refractivity contribution < 1.29 is 14.3 Å². The van der Waals surface area contributed by atoms with Gasteiger partial charge in [-0.2, -0.15) is 0 Å². The Bertz CT molecular complexity index is 961. The average Bonchev–Trinajstić information content (AvgIpc) is 3.11. The van der Waals surface area contributed by atoms with Crippen LogP contribution in [0.5, 0.6) is 0 Å². The van der Waals surface area contributed by atoms with E-state index in [0.717, 1.165) is 11.1 Å². The molecule has 0 fully saturated rings. The zero-order chi connectivity index (χ0) is 18.7. The van der Waals surface area contributed by atoms with Crippen molar-refractivity contribution in [1.29, 1.82) is 0 Å². The molecule has 0 saturated carbocycles. The molecule has 0 atom stereocenters. The van der Waals surface area contributed by atoms with Crippen molar-refractivity contribution in [2.45, 2.75) is 13.8 Å². The molecule has 3 aromatic rings. The summed E-state index contributed by atoms with van der Waals surface area (Å²) in [5.41, 5.74) is 4.17. The molecule has 7 nitrogen and oxygen atoms in total.